The largest absolute Gasteiger partial charge is 0.450 e. The third-order valence-corrected chi connectivity index (χ3v) is 4.38. The predicted octanol–water partition coefficient (Wildman–Crippen LogP) is 5.56. The second kappa shape index (κ2) is 5.99. The Morgan fingerprint density at radius 2 is 1.81 bits per heavy atom. The number of nitrogens with zero attached hydrogens (tertiary/aromatic N) is 1. The fourth-order valence-corrected chi connectivity index (χ4v) is 2.22. The summed E-state index contributed by atoms with van der Waals surface area (Å²) < 4.78 is 19.9. The number of benzene rings is 2. The van der Waals surface area contributed by atoms with Gasteiger partial charge >= 0.3 is 5.69 Å². The first-order valence-electron chi connectivity index (χ1n) is 5.87. The van der Waals surface area contributed by atoms with Crippen molar-refractivity contribution in [1.82, 2.24) is 0 Å². The fraction of sp³-hybridized carbons (Fsp3) is 0.143. The van der Waals surface area contributed by atoms with Crippen LogP contribution in [-0.4, -0.2) is 4.92 Å². The first-order valence-corrected chi connectivity index (χ1v) is 7.04. The fourth-order valence-electron chi connectivity index (χ4n) is 1.83. The van der Waals surface area contributed by atoms with Crippen molar-refractivity contribution >= 4 is 33.2 Å². The second-order valence-corrected chi connectivity index (χ2v) is 5.66. The van der Waals surface area contributed by atoms with Gasteiger partial charge in [-0.3, -0.25) is 10.1 Å². The molecular weight excluding hydrogens is 365 g/mol. The van der Waals surface area contributed by atoms with Gasteiger partial charge in [-0.05, 0) is 37.1 Å². The Kier molecular flexibility index (Phi) is 4.49. The predicted molar refractivity (Wildman–Crippen MR) is 81.8 cm³/mol. The SMILES string of the molecule is Cc1cc(Oc2cc(F)c(Cl)cc2[N+](=O)[O-])cc(C)c1Br. The summed E-state index contributed by atoms with van der Waals surface area (Å²) in [5.41, 5.74) is 1.42. The molecule has 110 valence electrons. The van der Waals surface area contributed by atoms with Crippen LogP contribution in [0.1, 0.15) is 11.1 Å². The highest BCUT2D eigenvalue weighted by Gasteiger charge is 2.20. The Balaban J connectivity index is 2.48. The zero-order chi connectivity index (χ0) is 15.7. The summed E-state index contributed by atoms with van der Waals surface area (Å²) in [4.78, 5) is 10.3. The summed E-state index contributed by atoms with van der Waals surface area (Å²) in [5.74, 6) is -0.580. The van der Waals surface area contributed by atoms with Gasteiger partial charge in [0.1, 0.15) is 11.6 Å². The van der Waals surface area contributed by atoms with Crippen LogP contribution in [0.5, 0.6) is 11.5 Å². The molecule has 0 radical (unpaired) electrons. The van der Waals surface area contributed by atoms with Crippen LogP contribution in [-0.2, 0) is 0 Å². The summed E-state index contributed by atoms with van der Waals surface area (Å²) in [6, 6.07) is 5.25. The zero-order valence-corrected chi connectivity index (χ0v) is 13.5. The van der Waals surface area contributed by atoms with E-state index in [9.17, 15) is 14.5 Å². The normalized spacial score (nSPS) is 10.5. The van der Waals surface area contributed by atoms with Gasteiger partial charge in [-0.2, -0.15) is 0 Å². The molecule has 0 aliphatic heterocycles. The molecule has 0 saturated heterocycles. The van der Waals surface area contributed by atoms with Crippen molar-refractivity contribution < 1.29 is 14.1 Å². The van der Waals surface area contributed by atoms with E-state index in [1.165, 1.54) is 0 Å². The van der Waals surface area contributed by atoms with E-state index in [4.69, 9.17) is 16.3 Å². The first-order chi connectivity index (χ1) is 9.79. The van der Waals surface area contributed by atoms with Gasteiger partial charge in [0.2, 0.25) is 5.75 Å². The molecule has 0 aromatic heterocycles. The van der Waals surface area contributed by atoms with Crippen LogP contribution in [0.25, 0.3) is 0 Å². The molecule has 0 spiro atoms. The molecule has 0 amide bonds. The van der Waals surface area contributed by atoms with Gasteiger partial charge in [0, 0.05) is 16.6 Å². The molecule has 0 unspecified atom stereocenters. The maximum absolute atomic E-state index is 13.5. The lowest BCUT2D eigenvalue weighted by Gasteiger charge is -2.10. The number of nitro benzene ring substituents is 1. The van der Waals surface area contributed by atoms with Gasteiger partial charge in [-0.1, -0.05) is 27.5 Å². The molecule has 0 fully saturated rings. The van der Waals surface area contributed by atoms with E-state index in [0.717, 1.165) is 27.7 Å². The topological polar surface area (TPSA) is 52.4 Å². The van der Waals surface area contributed by atoms with Crippen LogP contribution in [0.3, 0.4) is 0 Å². The van der Waals surface area contributed by atoms with E-state index in [0.29, 0.717) is 5.75 Å². The number of rotatable bonds is 3. The Morgan fingerprint density at radius 1 is 1.24 bits per heavy atom. The number of ether oxygens (including phenoxy) is 1. The molecule has 2 aromatic rings. The number of halogens is 3. The average molecular weight is 375 g/mol. The molecule has 4 nitrogen and oxygen atoms in total. The van der Waals surface area contributed by atoms with Gasteiger partial charge in [-0.15, -0.1) is 0 Å². The molecule has 0 atom stereocenters. The van der Waals surface area contributed by atoms with E-state index in [2.05, 4.69) is 15.9 Å². The van der Waals surface area contributed by atoms with Crippen molar-refractivity contribution in [2.75, 3.05) is 0 Å². The van der Waals surface area contributed by atoms with Gasteiger partial charge in [0.05, 0.1) is 9.95 Å². The highest BCUT2D eigenvalue weighted by Crippen LogP contribution is 2.36. The van der Waals surface area contributed by atoms with Crippen LogP contribution < -0.4 is 4.74 Å². The zero-order valence-electron chi connectivity index (χ0n) is 11.1. The minimum Gasteiger partial charge on any atom is -0.450 e. The molecule has 0 aliphatic carbocycles. The smallest absolute Gasteiger partial charge is 0.313 e. The minimum atomic E-state index is -0.775. The van der Waals surface area contributed by atoms with Crippen molar-refractivity contribution in [3.05, 3.63) is 60.8 Å². The summed E-state index contributed by atoms with van der Waals surface area (Å²) in [7, 11) is 0. The van der Waals surface area contributed by atoms with Crippen molar-refractivity contribution in [3.63, 3.8) is 0 Å². The standard InChI is InChI=1S/C14H10BrClFNO3/c1-7-3-9(4-8(2)14(7)15)21-13-6-11(17)10(16)5-12(13)18(19)20/h3-6H,1-2H3. The highest BCUT2D eigenvalue weighted by molar-refractivity contribution is 9.10. The molecule has 2 aromatic carbocycles. The quantitative estimate of drug-likeness (QED) is 0.522. The Hall–Kier alpha value is -1.66. The minimum absolute atomic E-state index is 0.192. The molecule has 0 saturated carbocycles. The number of nitro groups is 1. The molecule has 0 aliphatic rings. The Morgan fingerprint density at radius 3 is 2.33 bits per heavy atom. The van der Waals surface area contributed by atoms with Crippen LogP contribution >= 0.6 is 27.5 Å². The molecule has 0 bridgehead atoms. The maximum atomic E-state index is 13.5. The van der Waals surface area contributed by atoms with Crippen LogP contribution in [0.2, 0.25) is 5.02 Å². The molecule has 0 heterocycles. The van der Waals surface area contributed by atoms with Crippen LogP contribution in [0.4, 0.5) is 10.1 Å². The maximum Gasteiger partial charge on any atom is 0.313 e. The third kappa shape index (κ3) is 3.33. The van der Waals surface area contributed by atoms with Crippen molar-refractivity contribution in [2.45, 2.75) is 13.8 Å². The first kappa shape index (κ1) is 15.7. The molecule has 0 N–H and O–H groups in total. The van der Waals surface area contributed by atoms with Crippen LogP contribution in [0, 0.1) is 29.8 Å². The van der Waals surface area contributed by atoms with Gasteiger partial charge in [-0.25, -0.2) is 4.39 Å². The van der Waals surface area contributed by atoms with E-state index in [1.807, 2.05) is 13.8 Å². The van der Waals surface area contributed by atoms with Gasteiger partial charge in [0.15, 0.2) is 0 Å². The van der Waals surface area contributed by atoms with Gasteiger partial charge < -0.3 is 4.74 Å². The second-order valence-electron chi connectivity index (χ2n) is 4.46. The molecule has 2 rings (SSSR count). The third-order valence-electron chi connectivity index (χ3n) is 2.84. The van der Waals surface area contributed by atoms with Crippen molar-refractivity contribution in [2.24, 2.45) is 0 Å². The van der Waals surface area contributed by atoms with E-state index >= 15 is 0 Å². The summed E-state index contributed by atoms with van der Waals surface area (Å²) >= 11 is 8.98. The molecule has 21 heavy (non-hydrogen) atoms. The number of hydrogen-bond donors (Lipinski definition) is 0. The van der Waals surface area contributed by atoms with E-state index in [1.54, 1.807) is 12.1 Å². The van der Waals surface area contributed by atoms with E-state index < -0.39 is 10.7 Å². The van der Waals surface area contributed by atoms with Crippen LogP contribution in [0.15, 0.2) is 28.7 Å². The molecular formula is C14H10BrClFNO3. The summed E-state index contributed by atoms with van der Waals surface area (Å²) in [6.45, 7) is 3.72. The summed E-state index contributed by atoms with van der Waals surface area (Å²) in [5, 5.41) is 10.7. The Bertz CT molecular complexity index is 713. The number of hydrogen-bond acceptors (Lipinski definition) is 3. The van der Waals surface area contributed by atoms with Crippen molar-refractivity contribution in [1.29, 1.82) is 0 Å². The monoisotopic (exact) mass is 373 g/mol. The lowest BCUT2D eigenvalue weighted by molar-refractivity contribution is -0.385. The highest BCUT2D eigenvalue weighted by atomic mass is 79.9. The lowest BCUT2D eigenvalue weighted by atomic mass is 10.1. The summed E-state index contributed by atoms with van der Waals surface area (Å²) in [6.07, 6.45) is 0. The van der Waals surface area contributed by atoms with Gasteiger partial charge in [0.25, 0.3) is 0 Å². The van der Waals surface area contributed by atoms with E-state index in [-0.39, 0.29) is 16.5 Å². The average Bonchev–Trinajstić information content (AvgIpc) is 2.39. The number of aryl methyl sites for hydroxylation is 2. The molecule has 7 heteroatoms. The Labute approximate surface area is 133 Å². The lowest BCUT2D eigenvalue weighted by Crippen LogP contribution is -1.96. The van der Waals surface area contributed by atoms with Crippen molar-refractivity contribution in [3.8, 4) is 11.5 Å².